The molecule has 0 heterocycles. The van der Waals surface area contributed by atoms with Crippen LogP contribution in [-0.2, 0) is 4.74 Å². The van der Waals surface area contributed by atoms with Crippen LogP contribution in [-0.4, -0.2) is 25.7 Å². The van der Waals surface area contributed by atoms with E-state index < -0.39 is 0 Å². The summed E-state index contributed by atoms with van der Waals surface area (Å²) in [7, 11) is 0. The van der Waals surface area contributed by atoms with Crippen molar-refractivity contribution in [3.05, 3.63) is 32.4 Å². The molecule has 106 valence electrons. The number of ether oxygens (including phenoxy) is 1. The zero-order valence-electron chi connectivity index (χ0n) is 11.2. The highest BCUT2D eigenvalue weighted by Gasteiger charge is 2.06. The van der Waals surface area contributed by atoms with E-state index in [1.165, 1.54) is 0 Å². The van der Waals surface area contributed by atoms with E-state index in [1.54, 1.807) is 12.1 Å². The molecule has 0 saturated heterocycles. The minimum absolute atomic E-state index is 0.0952. The lowest BCUT2D eigenvalue weighted by Gasteiger charge is -2.08. The maximum absolute atomic E-state index is 11.8. The summed E-state index contributed by atoms with van der Waals surface area (Å²) in [5, 5.41) is 3.46. The van der Waals surface area contributed by atoms with E-state index in [-0.39, 0.29) is 5.91 Å². The minimum atomic E-state index is -0.0952. The van der Waals surface area contributed by atoms with Crippen molar-refractivity contribution in [1.82, 2.24) is 5.32 Å². The molecule has 3 nitrogen and oxygen atoms in total. The fraction of sp³-hybridized carbons (Fsp3) is 0.500. The summed E-state index contributed by atoms with van der Waals surface area (Å²) < 4.78 is 6.39. The number of carbonyl (C=O) groups is 1. The van der Waals surface area contributed by atoms with Crippen molar-refractivity contribution in [3.63, 3.8) is 0 Å². The van der Waals surface area contributed by atoms with Gasteiger partial charge in [-0.15, -0.1) is 0 Å². The Labute approximate surface area is 133 Å². The smallest absolute Gasteiger partial charge is 0.251 e. The topological polar surface area (TPSA) is 38.3 Å². The molecular formula is C14H19ClINO2. The second-order valence-corrected chi connectivity index (χ2v) is 6.28. The third-order valence-corrected chi connectivity index (χ3v) is 3.96. The first kappa shape index (κ1) is 16.7. The molecule has 1 amide bonds. The van der Waals surface area contributed by atoms with Crippen LogP contribution >= 0.6 is 34.2 Å². The van der Waals surface area contributed by atoms with Gasteiger partial charge in [0.05, 0.1) is 5.02 Å². The van der Waals surface area contributed by atoms with Gasteiger partial charge in [0, 0.05) is 28.9 Å². The Morgan fingerprint density at radius 2 is 2.21 bits per heavy atom. The molecule has 0 atom stereocenters. The number of carbonyl (C=O) groups excluding carboxylic acids is 1. The Hall–Kier alpha value is -0.330. The molecule has 0 unspecified atom stereocenters. The predicted octanol–water partition coefficient (Wildman–Crippen LogP) is 3.74. The van der Waals surface area contributed by atoms with Gasteiger partial charge >= 0.3 is 0 Å². The van der Waals surface area contributed by atoms with Crippen LogP contribution in [0.1, 0.15) is 30.6 Å². The number of amides is 1. The van der Waals surface area contributed by atoms with Gasteiger partial charge in [0.15, 0.2) is 0 Å². The Bertz CT molecular complexity index is 424. The van der Waals surface area contributed by atoms with Crippen molar-refractivity contribution in [2.24, 2.45) is 5.92 Å². The monoisotopic (exact) mass is 395 g/mol. The first-order valence-electron chi connectivity index (χ1n) is 6.31. The molecule has 1 rings (SSSR count). The van der Waals surface area contributed by atoms with Crippen molar-refractivity contribution in [2.75, 3.05) is 19.8 Å². The van der Waals surface area contributed by atoms with Gasteiger partial charge in [-0.25, -0.2) is 0 Å². The van der Waals surface area contributed by atoms with E-state index in [0.29, 0.717) is 29.7 Å². The second kappa shape index (κ2) is 8.76. The summed E-state index contributed by atoms with van der Waals surface area (Å²) in [6.07, 6.45) is 0.816. The number of benzene rings is 1. The largest absolute Gasteiger partial charge is 0.381 e. The molecule has 0 aromatic heterocycles. The fourth-order valence-electron chi connectivity index (χ4n) is 1.43. The van der Waals surface area contributed by atoms with E-state index in [9.17, 15) is 4.79 Å². The van der Waals surface area contributed by atoms with Gasteiger partial charge in [0.25, 0.3) is 5.91 Å². The maximum Gasteiger partial charge on any atom is 0.251 e. The predicted molar refractivity (Wildman–Crippen MR) is 86.8 cm³/mol. The van der Waals surface area contributed by atoms with Crippen LogP contribution in [0.2, 0.25) is 5.02 Å². The van der Waals surface area contributed by atoms with E-state index in [2.05, 4.69) is 41.8 Å². The molecular weight excluding hydrogens is 377 g/mol. The second-order valence-electron chi connectivity index (χ2n) is 4.71. The summed E-state index contributed by atoms with van der Waals surface area (Å²) in [6, 6.07) is 5.30. The molecule has 0 saturated carbocycles. The van der Waals surface area contributed by atoms with Crippen molar-refractivity contribution in [3.8, 4) is 0 Å². The first-order valence-corrected chi connectivity index (χ1v) is 7.77. The molecule has 0 bridgehead atoms. The van der Waals surface area contributed by atoms with E-state index in [0.717, 1.165) is 16.6 Å². The lowest BCUT2D eigenvalue weighted by atomic mass is 10.2. The van der Waals surface area contributed by atoms with Gasteiger partial charge in [0.1, 0.15) is 0 Å². The zero-order valence-corrected chi connectivity index (χ0v) is 14.1. The van der Waals surface area contributed by atoms with Crippen LogP contribution in [0, 0.1) is 9.49 Å². The van der Waals surface area contributed by atoms with E-state index >= 15 is 0 Å². The molecule has 5 heteroatoms. The number of rotatable bonds is 7. The summed E-state index contributed by atoms with van der Waals surface area (Å²) in [4.78, 5) is 11.8. The molecule has 19 heavy (non-hydrogen) atoms. The Morgan fingerprint density at radius 1 is 1.47 bits per heavy atom. The summed E-state index contributed by atoms with van der Waals surface area (Å²) >= 11 is 8.12. The van der Waals surface area contributed by atoms with Gasteiger partial charge < -0.3 is 10.1 Å². The number of hydrogen-bond acceptors (Lipinski definition) is 2. The molecule has 0 aliphatic rings. The third kappa shape index (κ3) is 6.58. The highest BCUT2D eigenvalue weighted by atomic mass is 127. The Kier molecular flexibility index (Phi) is 7.71. The molecule has 1 aromatic carbocycles. The van der Waals surface area contributed by atoms with Crippen LogP contribution in [0.15, 0.2) is 18.2 Å². The zero-order chi connectivity index (χ0) is 14.3. The average molecular weight is 396 g/mol. The first-order chi connectivity index (χ1) is 9.00. The normalized spacial score (nSPS) is 10.8. The van der Waals surface area contributed by atoms with E-state index in [4.69, 9.17) is 16.3 Å². The van der Waals surface area contributed by atoms with Crippen LogP contribution in [0.3, 0.4) is 0 Å². The molecule has 0 radical (unpaired) electrons. The van der Waals surface area contributed by atoms with Gasteiger partial charge in [-0.3, -0.25) is 4.79 Å². The summed E-state index contributed by atoms with van der Waals surface area (Å²) in [5.41, 5.74) is 0.591. The molecule has 0 aliphatic carbocycles. The van der Waals surface area contributed by atoms with Gasteiger partial charge in [0.2, 0.25) is 0 Å². The lowest BCUT2D eigenvalue weighted by Crippen LogP contribution is -2.25. The lowest BCUT2D eigenvalue weighted by molar-refractivity contribution is 0.0925. The minimum Gasteiger partial charge on any atom is -0.381 e. The third-order valence-electron chi connectivity index (χ3n) is 2.38. The standard InChI is InChI=1S/C14H19ClINO2/c1-10(2)9-19-7-3-6-17-14(18)11-4-5-13(16)12(15)8-11/h4-5,8,10H,3,6-7,9H2,1-2H3,(H,17,18). The number of hydrogen-bond donors (Lipinski definition) is 1. The maximum atomic E-state index is 11.8. The SMILES string of the molecule is CC(C)COCCCNC(=O)c1ccc(I)c(Cl)c1. The molecule has 1 aromatic rings. The van der Waals surface area contributed by atoms with E-state index in [1.807, 2.05) is 6.07 Å². The Balaban J connectivity index is 2.26. The van der Waals surface area contributed by atoms with Gasteiger partial charge in [-0.05, 0) is 53.1 Å². The highest BCUT2D eigenvalue weighted by Crippen LogP contribution is 2.19. The van der Waals surface area contributed by atoms with Crippen molar-refractivity contribution >= 4 is 40.1 Å². The van der Waals surface area contributed by atoms with Crippen LogP contribution in [0.5, 0.6) is 0 Å². The van der Waals surface area contributed by atoms with Gasteiger partial charge in [-0.1, -0.05) is 25.4 Å². The molecule has 0 fully saturated rings. The van der Waals surface area contributed by atoms with Crippen LogP contribution < -0.4 is 5.32 Å². The summed E-state index contributed by atoms with van der Waals surface area (Å²) in [5.74, 6) is 0.450. The van der Waals surface area contributed by atoms with Crippen molar-refractivity contribution in [1.29, 1.82) is 0 Å². The molecule has 1 N–H and O–H groups in total. The molecule has 0 spiro atoms. The quantitative estimate of drug-likeness (QED) is 0.564. The van der Waals surface area contributed by atoms with Crippen LogP contribution in [0.4, 0.5) is 0 Å². The molecule has 0 aliphatic heterocycles. The Morgan fingerprint density at radius 3 is 2.84 bits per heavy atom. The average Bonchev–Trinajstić information content (AvgIpc) is 2.36. The van der Waals surface area contributed by atoms with Crippen molar-refractivity contribution in [2.45, 2.75) is 20.3 Å². The van der Waals surface area contributed by atoms with Crippen molar-refractivity contribution < 1.29 is 9.53 Å². The van der Waals surface area contributed by atoms with Gasteiger partial charge in [-0.2, -0.15) is 0 Å². The van der Waals surface area contributed by atoms with Crippen LogP contribution in [0.25, 0.3) is 0 Å². The number of halogens is 2. The summed E-state index contributed by atoms with van der Waals surface area (Å²) in [6.45, 7) is 6.28. The fourth-order valence-corrected chi connectivity index (χ4v) is 1.95. The highest BCUT2D eigenvalue weighted by molar-refractivity contribution is 14.1. The number of nitrogens with one attached hydrogen (secondary N) is 1.